The van der Waals surface area contributed by atoms with Crippen LogP contribution < -0.4 is 25.0 Å². The minimum Gasteiger partial charge on any atom is -0.495 e. The summed E-state index contributed by atoms with van der Waals surface area (Å²) in [5, 5.41) is 5.82. The molecule has 50 heavy (non-hydrogen) atoms. The average Bonchev–Trinajstić information content (AvgIpc) is 3.08. The molecule has 1 atom stereocenters. The van der Waals surface area contributed by atoms with Crippen molar-refractivity contribution in [2.45, 2.75) is 47.1 Å². The molecule has 0 saturated carbocycles. The zero-order valence-corrected chi connectivity index (χ0v) is 29.8. The monoisotopic (exact) mass is 683 g/mol. The first-order chi connectivity index (χ1) is 24.0. The van der Waals surface area contributed by atoms with Crippen molar-refractivity contribution in [2.75, 3.05) is 62.4 Å². The van der Waals surface area contributed by atoms with E-state index in [9.17, 15) is 9.59 Å². The Labute approximate surface area is 293 Å². The number of aromatic nitrogens is 2. The fraction of sp³-hybridized carbons (Fsp3) is 0.368. The molecule has 1 aliphatic heterocycles. The van der Waals surface area contributed by atoms with Crippen molar-refractivity contribution < 1.29 is 23.5 Å². The van der Waals surface area contributed by atoms with E-state index in [4.69, 9.17) is 14.5 Å². The summed E-state index contributed by atoms with van der Waals surface area (Å²) in [6, 6.07) is 17.9. The van der Waals surface area contributed by atoms with Gasteiger partial charge in [-0.2, -0.15) is 4.98 Å². The van der Waals surface area contributed by atoms with E-state index in [0.29, 0.717) is 47.6 Å². The van der Waals surface area contributed by atoms with Crippen LogP contribution in [0, 0.1) is 19.7 Å². The van der Waals surface area contributed by atoms with E-state index in [2.05, 4.69) is 39.4 Å². The summed E-state index contributed by atoms with van der Waals surface area (Å²) >= 11 is 0. The third-order valence-electron chi connectivity index (χ3n) is 9.26. The number of nitrogens with zero attached hydrogens (tertiary/aromatic N) is 5. The first-order valence-electron chi connectivity index (χ1n) is 16.9. The molecule has 4 aromatic rings. The van der Waals surface area contributed by atoms with Crippen molar-refractivity contribution in [2.24, 2.45) is 0 Å². The maximum atomic E-state index is 15.4. The van der Waals surface area contributed by atoms with E-state index in [1.54, 1.807) is 41.3 Å². The average molecular weight is 684 g/mol. The molecule has 1 unspecified atom stereocenters. The van der Waals surface area contributed by atoms with Crippen molar-refractivity contribution in [1.29, 1.82) is 0 Å². The van der Waals surface area contributed by atoms with Crippen molar-refractivity contribution in [3.8, 4) is 22.9 Å². The summed E-state index contributed by atoms with van der Waals surface area (Å²) in [4.78, 5) is 41.1. The number of piperazine rings is 1. The van der Waals surface area contributed by atoms with E-state index < -0.39 is 6.09 Å². The highest BCUT2D eigenvalue weighted by atomic mass is 19.1. The Morgan fingerprint density at radius 1 is 1.02 bits per heavy atom. The number of methoxy groups -OCH3 is 1. The first-order valence-corrected chi connectivity index (χ1v) is 16.9. The molecule has 5 rings (SSSR count). The number of halogens is 1. The third-order valence-corrected chi connectivity index (χ3v) is 9.26. The van der Waals surface area contributed by atoms with Crippen LogP contribution in [0.5, 0.6) is 11.6 Å². The van der Waals surface area contributed by atoms with Crippen LogP contribution in [0.3, 0.4) is 0 Å². The summed E-state index contributed by atoms with van der Waals surface area (Å²) in [6.07, 6.45) is -0.592. The highest BCUT2D eigenvalue weighted by molar-refractivity contribution is 5.88. The number of nitrogens with one attached hydrogen (secondary N) is 2. The highest BCUT2D eigenvalue weighted by Gasteiger charge is 2.23. The second kappa shape index (κ2) is 16.0. The van der Waals surface area contributed by atoms with Crippen LogP contribution >= 0.6 is 0 Å². The molecule has 1 aliphatic rings. The summed E-state index contributed by atoms with van der Waals surface area (Å²) in [5.41, 5.74) is 5.55. The van der Waals surface area contributed by atoms with E-state index in [-0.39, 0.29) is 30.0 Å². The normalized spacial score (nSPS) is 14.6. The van der Waals surface area contributed by atoms with Gasteiger partial charge in [0.05, 0.1) is 30.6 Å². The highest BCUT2D eigenvalue weighted by Crippen LogP contribution is 2.31. The number of benzene rings is 3. The molecule has 1 fully saturated rings. The Balaban J connectivity index is 1.38. The number of ether oxygens (including phenoxy) is 2. The van der Waals surface area contributed by atoms with Crippen LogP contribution in [0.2, 0.25) is 0 Å². The Hall–Kier alpha value is -5.23. The summed E-state index contributed by atoms with van der Waals surface area (Å²) in [6.45, 7) is 13.6. The standard InChI is InChI=1S/C38H46FN7O4/c1-8-45(9-2)36(47)20-27-13-15-31(34(19-27)49-7)42-38(48)50-35-22-32(29-12-10-11-24(3)26(29)5)41-37(43-35)40-28-14-16-33(30(39)21-28)46-18-17-44(6)25(4)23-46/h10-16,19,21-22,25H,8-9,17-18,20,23H2,1-7H3,(H,42,48)(H,40,41,43). The van der Waals surface area contributed by atoms with E-state index in [1.165, 1.54) is 13.2 Å². The number of amides is 2. The molecule has 12 heteroatoms. The summed E-state index contributed by atoms with van der Waals surface area (Å²) in [5.74, 6) is 0.148. The Bertz CT molecular complexity index is 1850. The molecule has 2 amide bonds. The molecule has 1 aromatic heterocycles. The van der Waals surface area contributed by atoms with Crippen molar-refractivity contribution in [1.82, 2.24) is 19.8 Å². The van der Waals surface area contributed by atoms with Crippen LogP contribution in [0.1, 0.15) is 37.5 Å². The first kappa shape index (κ1) is 36.1. The smallest absolute Gasteiger partial charge is 0.418 e. The lowest BCUT2D eigenvalue weighted by molar-refractivity contribution is -0.130. The fourth-order valence-electron chi connectivity index (χ4n) is 5.98. The van der Waals surface area contributed by atoms with Gasteiger partial charge in [0.25, 0.3) is 0 Å². The van der Waals surface area contributed by atoms with Gasteiger partial charge in [-0.05, 0) is 88.7 Å². The van der Waals surface area contributed by atoms with Crippen LogP contribution in [-0.2, 0) is 11.2 Å². The summed E-state index contributed by atoms with van der Waals surface area (Å²) < 4.78 is 26.6. The minimum atomic E-state index is -0.802. The number of aryl methyl sites for hydroxylation is 1. The van der Waals surface area contributed by atoms with Crippen LogP contribution in [0.15, 0.2) is 60.7 Å². The van der Waals surface area contributed by atoms with Crippen LogP contribution in [0.25, 0.3) is 11.3 Å². The zero-order chi connectivity index (χ0) is 35.9. The molecule has 2 N–H and O–H groups in total. The van der Waals surface area contributed by atoms with Gasteiger partial charge in [-0.15, -0.1) is 0 Å². The van der Waals surface area contributed by atoms with Gasteiger partial charge in [0.2, 0.25) is 17.7 Å². The molecule has 264 valence electrons. The molecule has 3 aromatic carbocycles. The van der Waals surface area contributed by atoms with E-state index in [1.807, 2.05) is 45.9 Å². The number of hydrogen-bond acceptors (Lipinski definition) is 9. The van der Waals surface area contributed by atoms with Crippen LogP contribution in [0.4, 0.5) is 32.2 Å². The molecule has 2 heterocycles. The number of rotatable bonds is 11. The maximum absolute atomic E-state index is 15.4. The lowest BCUT2D eigenvalue weighted by Crippen LogP contribution is -2.50. The largest absolute Gasteiger partial charge is 0.495 e. The van der Waals surface area contributed by atoms with Crippen molar-refractivity contribution in [3.63, 3.8) is 0 Å². The van der Waals surface area contributed by atoms with Crippen molar-refractivity contribution in [3.05, 3.63) is 83.2 Å². The fourth-order valence-corrected chi connectivity index (χ4v) is 5.98. The van der Waals surface area contributed by atoms with Gasteiger partial charge in [0, 0.05) is 56.1 Å². The lowest BCUT2D eigenvalue weighted by atomic mass is 10.0. The van der Waals surface area contributed by atoms with Gasteiger partial charge in [0.1, 0.15) is 11.6 Å². The topological polar surface area (TPSA) is 112 Å². The quantitative estimate of drug-likeness (QED) is 0.176. The van der Waals surface area contributed by atoms with Gasteiger partial charge in [-0.25, -0.2) is 14.2 Å². The minimum absolute atomic E-state index is 0.00773. The molecule has 11 nitrogen and oxygen atoms in total. The molecular weight excluding hydrogens is 637 g/mol. The number of likely N-dealkylation sites (N-methyl/N-ethyl adjacent to an activating group) is 2. The zero-order valence-electron chi connectivity index (χ0n) is 29.8. The summed E-state index contributed by atoms with van der Waals surface area (Å²) in [7, 11) is 3.56. The van der Waals surface area contributed by atoms with Gasteiger partial charge in [-0.1, -0.05) is 24.3 Å². The Morgan fingerprint density at radius 3 is 2.50 bits per heavy atom. The molecule has 0 bridgehead atoms. The predicted octanol–water partition coefficient (Wildman–Crippen LogP) is 6.81. The molecular formula is C38H46FN7O4. The molecule has 0 aliphatic carbocycles. The van der Waals surface area contributed by atoms with Gasteiger partial charge >= 0.3 is 6.09 Å². The SMILES string of the molecule is CCN(CC)C(=O)Cc1ccc(NC(=O)Oc2cc(-c3cccc(C)c3C)nc(Nc3ccc(N4CCN(C)C(C)C4)c(F)c3)n2)c(OC)c1. The van der Waals surface area contributed by atoms with E-state index >= 15 is 4.39 Å². The lowest BCUT2D eigenvalue weighted by Gasteiger charge is -2.39. The second-order valence-corrected chi connectivity index (χ2v) is 12.5. The Kier molecular flexibility index (Phi) is 11.5. The molecule has 1 saturated heterocycles. The molecule has 0 spiro atoms. The predicted molar refractivity (Wildman–Crippen MR) is 195 cm³/mol. The molecule has 0 radical (unpaired) electrons. The second-order valence-electron chi connectivity index (χ2n) is 12.5. The van der Waals surface area contributed by atoms with E-state index in [0.717, 1.165) is 41.9 Å². The number of carbonyl (C=O) groups is 2. The van der Waals surface area contributed by atoms with Crippen molar-refractivity contribution >= 4 is 35.0 Å². The number of anilines is 4. The van der Waals surface area contributed by atoms with Crippen LogP contribution in [-0.4, -0.2) is 84.7 Å². The maximum Gasteiger partial charge on any atom is 0.418 e. The Morgan fingerprint density at radius 2 is 1.80 bits per heavy atom. The van der Waals surface area contributed by atoms with Gasteiger partial charge < -0.3 is 29.5 Å². The van der Waals surface area contributed by atoms with Gasteiger partial charge in [0.15, 0.2) is 0 Å². The number of carbonyl (C=O) groups excluding carboxylic acids is 2. The number of hydrogen-bond donors (Lipinski definition) is 2. The third kappa shape index (κ3) is 8.49. The van der Waals surface area contributed by atoms with Gasteiger partial charge in [-0.3, -0.25) is 10.1 Å².